The van der Waals surface area contributed by atoms with Crippen LogP contribution in [0.1, 0.15) is 72.6 Å². The molecule has 44 heavy (non-hydrogen) atoms. The quantitative estimate of drug-likeness (QED) is 0.179. The smallest absolute Gasteiger partial charge is 0.261 e. The molecule has 7 atom stereocenters. The third-order valence-electron chi connectivity index (χ3n) is 9.98. The van der Waals surface area contributed by atoms with Gasteiger partial charge in [0.1, 0.15) is 0 Å². The second kappa shape index (κ2) is 13.0. The van der Waals surface area contributed by atoms with Gasteiger partial charge in [0.2, 0.25) is 0 Å². The van der Waals surface area contributed by atoms with Gasteiger partial charge in [0.25, 0.3) is 8.32 Å². The van der Waals surface area contributed by atoms with Crippen molar-refractivity contribution in [1.29, 1.82) is 0 Å². The fourth-order valence-electron chi connectivity index (χ4n) is 7.72. The van der Waals surface area contributed by atoms with Crippen molar-refractivity contribution in [2.24, 2.45) is 5.92 Å². The lowest BCUT2D eigenvalue weighted by Crippen LogP contribution is -2.66. The molecule has 3 fully saturated rings. The largest absolute Gasteiger partial charge is 0.407 e. The Morgan fingerprint density at radius 1 is 0.932 bits per heavy atom. The number of hydrogen-bond donors (Lipinski definition) is 0. The molecule has 4 aliphatic heterocycles. The highest BCUT2D eigenvalue weighted by atomic mass is 28.4. The highest BCUT2D eigenvalue weighted by Crippen LogP contribution is 2.52. The Hall–Kier alpha value is -2.10. The average molecular weight is 619 g/mol. The van der Waals surface area contributed by atoms with Crippen molar-refractivity contribution in [2.75, 3.05) is 13.7 Å². The minimum absolute atomic E-state index is 0.000596. The maximum atomic E-state index is 7.06. The summed E-state index contributed by atoms with van der Waals surface area (Å²) in [5.74, 6) is -1.16. The van der Waals surface area contributed by atoms with Gasteiger partial charge in [-0.15, -0.1) is 0 Å². The maximum absolute atomic E-state index is 7.06. The minimum atomic E-state index is -2.50. The van der Waals surface area contributed by atoms with Crippen molar-refractivity contribution in [1.82, 2.24) is 0 Å². The van der Waals surface area contributed by atoms with Crippen LogP contribution >= 0.6 is 0 Å². The van der Waals surface area contributed by atoms with Crippen LogP contribution in [0.2, 0.25) is 5.04 Å². The molecule has 0 bridgehead atoms. The normalized spacial score (nSPS) is 33.9. The number of benzene rings is 2. The number of fused-ring (bicyclic) bond motifs is 1. The number of allylic oxidation sites excluding steroid dienone is 1. The van der Waals surface area contributed by atoms with Gasteiger partial charge < -0.3 is 28.1 Å². The summed E-state index contributed by atoms with van der Waals surface area (Å²) in [5, 5.41) is 2.63. The summed E-state index contributed by atoms with van der Waals surface area (Å²) in [4.78, 5) is 0. The van der Waals surface area contributed by atoms with Crippen LogP contribution in [0, 0.1) is 5.92 Å². The fourth-order valence-corrected chi connectivity index (χ4v) is 12.3. The van der Waals surface area contributed by atoms with E-state index in [1.165, 1.54) is 10.4 Å². The highest BCUT2D eigenvalue weighted by molar-refractivity contribution is 6.99. The molecule has 4 heterocycles. The molecule has 0 aliphatic carbocycles. The topological polar surface area (TPSA) is 55.4 Å². The molecule has 0 aromatic heterocycles. The Morgan fingerprint density at radius 3 is 2.30 bits per heavy atom. The Labute approximate surface area is 264 Å². The van der Waals surface area contributed by atoms with Crippen molar-refractivity contribution < 1.29 is 28.1 Å². The van der Waals surface area contributed by atoms with Crippen LogP contribution in [0.5, 0.6) is 0 Å². The van der Waals surface area contributed by atoms with Gasteiger partial charge in [-0.1, -0.05) is 107 Å². The molecule has 0 radical (unpaired) electrons. The summed E-state index contributed by atoms with van der Waals surface area (Å²) >= 11 is 0. The summed E-state index contributed by atoms with van der Waals surface area (Å²) in [6.45, 7) is 9.90. The molecular weight excluding hydrogens is 568 g/mol. The molecule has 4 aliphatic rings. The number of methoxy groups -OCH3 is 1. The zero-order valence-electron chi connectivity index (χ0n) is 27.1. The van der Waals surface area contributed by atoms with Crippen LogP contribution < -0.4 is 10.4 Å². The summed E-state index contributed by atoms with van der Waals surface area (Å²) in [6, 6.07) is 21.7. The van der Waals surface area contributed by atoms with Crippen LogP contribution in [-0.4, -0.2) is 58.2 Å². The van der Waals surface area contributed by atoms with Crippen LogP contribution in [-0.2, 0) is 28.1 Å². The van der Waals surface area contributed by atoms with E-state index < -0.39 is 19.9 Å². The van der Waals surface area contributed by atoms with Gasteiger partial charge in [-0.2, -0.15) is 0 Å². The summed E-state index contributed by atoms with van der Waals surface area (Å²) < 4.78 is 38.6. The van der Waals surface area contributed by atoms with Gasteiger partial charge in [0.15, 0.2) is 17.9 Å². The second-order valence-corrected chi connectivity index (χ2v) is 18.3. The van der Waals surface area contributed by atoms with Crippen molar-refractivity contribution >= 4 is 18.7 Å². The number of ether oxygens (including phenoxy) is 5. The van der Waals surface area contributed by atoms with E-state index >= 15 is 0 Å². The molecule has 2 spiro atoms. The Morgan fingerprint density at radius 2 is 1.64 bits per heavy atom. The first-order valence-electron chi connectivity index (χ1n) is 16.5. The lowest BCUT2D eigenvalue weighted by atomic mass is 9.86. The monoisotopic (exact) mass is 618 g/mol. The lowest BCUT2D eigenvalue weighted by molar-refractivity contribution is -0.355. The molecule has 7 heteroatoms. The third kappa shape index (κ3) is 6.17. The Bertz CT molecular complexity index is 1250. The van der Waals surface area contributed by atoms with E-state index in [-0.39, 0.29) is 35.6 Å². The van der Waals surface area contributed by atoms with Gasteiger partial charge in [-0.05, 0) is 47.2 Å². The Balaban J connectivity index is 1.05. The maximum Gasteiger partial charge on any atom is 0.261 e. The van der Waals surface area contributed by atoms with E-state index in [1.54, 1.807) is 7.11 Å². The average Bonchev–Trinajstić information content (AvgIpc) is 3.58. The van der Waals surface area contributed by atoms with E-state index in [0.29, 0.717) is 6.61 Å². The standard InChI is InChI=1S/C37H50O6Si/c1-28-26-32-33(27-34(38-5)40-32)42-37(28)24-23-36(43-37)22-15-17-29(41-36)16-9-8-14-25-39-44(35(2,3)4,30-18-10-6-11-19-30)31-20-12-7-13-21-31/h6-7,9-13,15-16,18-22,28-29,32-34H,8,14,17,23-27H2,1-5H3/b16-9+/t28-,29+,32-,33-,34+,36-,37+/m0/s1. The van der Waals surface area contributed by atoms with Crippen LogP contribution in [0.25, 0.3) is 0 Å². The lowest BCUT2D eigenvalue weighted by Gasteiger charge is -2.45. The molecule has 6 rings (SSSR count). The van der Waals surface area contributed by atoms with Gasteiger partial charge in [-0.25, -0.2) is 0 Å². The summed E-state index contributed by atoms with van der Waals surface area (Å²) in [5.41, 5.74) is 0. The first-order chi connectivity index (χ1) is 21.2. The van der Waals surface area contributed by atoms with Crippen LogP contribution in [0.3, 0.4) is 0 Å². The molecule has 3 saturated heterocycles. The molecule has 0 saturated carbocycles. The van der Waals surface area contributed by atoms with Gasteiger partial charge >= 0.3 is 0 Å². The number of unbranched alkanes of at least 4 members (excludes halogenated alkanes) is 1. The van der Waals surface area contributed by atoms with Crippen molar-refractivity contribution in [2.45, 2.75) is 114 Å². The summed E-state index contributed by atoms with van der Waals surface area (Å²) in [6.07, 6.45) is 14.6. The molecule has 238 valence electrons. The number of rotatable bonds is 9. The molecule has 0 N–H and O–H groups in total. The van der Waals surface area contributed by atoms with Gasteiger partial charge in [-0.3, -0.25) is 0 Å². The predicted molar refractivity (Wildman–Crippen MR) is 175 cm³/mol. The van der Waals surface area contributed by atoms with Gasteiger partial charge in [0, 0.05) is 38.9 Å². The van der Waals surface area contributed by atoms with Crippen molar-refractivity contribution in [3.05, 3.63) is 85.0 Å². The summed E-state index contributed by atoms with van der Waals surface area (Å²) in [7, 11) is -0.810. The third-order valence-corrected chi connectivity index (χ3v) is 15.0. The van der Waals surface area contributed by atoms with Crippen molar-refractivity contribution in [3.63, 3.8) is 0 Å². The number of hydrogen-bond acceptors (Lipinski definition) is 6. The molecular formula is C37H50O6Si. The molecule has 2 aromatic rings. The first-order valence-corrected chi connectivity index (χ1v) is 18.4. The van der Waals surface area contributed by atoms with Gasteiger partial charge in [0.05, 0.1) is 18.3 Å². The SMILES string of the molecule is CO[C@H]1C[C@@H]2O[C@@]3(CC[C@]4(C=CC[C@@H](/C=C/CCCO[Si](c5ccccc5)(c5ccccc5)C(C)(C)C)O4)O3)[C@@H](C)C[C@@H]2O1. The predicted octanol–water partition coefficient (Wildman–Crippen LogP) is 6.63. The van der Waals surface area contributed by atoms with Crippen molar-refractivity contribution in [3.8, 4) is 0 Å². The zero-order chi connectivity index (χ0) is 30.8. The van der Waals surface area contributed by atoms with E-state index in [4.69, 9.17) is 28.1 Å². The molecule has 6 nitrogen and oxygen atoms in total. The minimum Gasteiger partial charge on any atom is -0.407 e. The Kier molecular flexibility index (Phi) is 9.38. The van der Waals surface area contributed by atoms with Crippen LogP contribution in [0.4, 0.5) is 0 Å². The first kappa shape index (κ1) is 31.9. The van der Waals surface area contributed by atoms with E-state index in [0.717, 1.165) is 44.9 Å². The van der Waals surface area contributed by atoms with Crippen LogP contribution in [0.15, 0.2) is 85.0 Å². The van der Waals surface area contributed by atoms with E-state index in [2.05, 4.69) is 113 Å². The van der Waals surface area contributed by atoms with E-state index in [9.17, 15) is 0 Å². The molecule has 0 unspecified atom stereocenters. The zero-order valence-corrected chi connectivity index (χ0v) is 28.1. The fraction of sp³-hybridized carbons (Fsp3) is 0.568. The molecule has 2 aromatic carbocycles. The second-order valence-electron chi connectivity index (χ2n) is 14.0. The van der Waals surface area contributed by atoms with E-state index in [1.807, 2.05) is 0 Å². The molecule has 0 amide bonds. The highest BCUT2D eigenvalue weighted by Gasteiger charge is 2.59.